The minimum atomic E-state index is -4.52. The summed E-state index contributed by atoms with van der Waals surface area (Å²) >= 11 is 0. The second-order valence-electron chi connectivity index (χ2n) is 10.2. The monoisotopic (exact) mass is 587 g/mol. The molecule has 9 nitrogen and oxygen atoms in total. The van der Waals surface area contributed by atoms with E-state index >= 15 is 0 Å². The number of fused-ring (bicyclic) bond motifs is 1. The maximum atomic E-state index is 13.8. The fraction of sp³-hybridized carbons (Fsp3) is 0.400. The molecule has 224 valence electrons. The van der Waals surface area contributed by atoms with Crippen molar-refractivity contribution in [3.05, 3.63) is 82.8 Å². The quantitative estimate of drug-likeness (QED) is 0.349. The van der Waals surface area contributed by atoms with Crippen LogP contribution in [0.4, 0.5) is 13.2 Å². The van der Waals surface area contributed by atoms with Gasteiger partial charge in [-0.2, -0.15) is 13.2 Å². The van der Waals surface area contributed by atoms with E-state index in [4.69, 9.17) is 18.6 Å². The van der Waals surface area contributed by atoms with Crippen LogP contribution in [0.1, 0.15) is 33.0 Å². The zero-order valence-electron chi connectivity index (χ0n) is 23.2. The van der Waals surface area contributed by atoms with Gasteiger partial charge in [-0.3, -0.25) is 14.5 Å². The molecule has 0 aliphatic carbocycles. The Labute approximate surface area is 241 Å². The number of aryl methyl sites for hydroxylation is 1. The zero-order valence-corrected chi connectivity index (χ0v) is 23.2. The number of benzene rings is 2. The molecule has 1 saturated heterocycles. The molecule has 0 N–H and O–H groups in total. The number of amides is 2. The van der Waals surface area contributed by atoms with Gasteiger partial charge in [0.1, 0.15) is 18.1 Å². The van der Waals surface area contributed by atoms with Crippen LogP contribution in [-0.4, -0.2) is 79.2 Å². The molecular weight excluding hydrogens is 555 g/mol. The van der Waals surface area contributed by atoms with Crippen molar-refractivity contribution in [1.29, 1.82) is 0 Å². The minimum Gasteiger partial charge on any atom is -0.464 e. The van der Waals surface area contributed by atoms with Crippen LogP contribution in [0.15, 0.2) is 59.0 Å². The molecule has 0 bridgehead atoms. The molecule has 1 fully saturated rings. The molecule has 42 heavy (non-hydrogen) atoms. The van der Waals surface area contributed by atoms with E-state index in [0.29, 0.717) is 55.9 Å². The lowest BCUT2D eigenvalue weighted by molar-refractivity contribution is -0.137. The summed E-state index contributed by atoms with van der Waals surface area (Å²) in [6, 6.07) is 13.1. The van der Waals surface area contributed by atoms with Crippen molar-refractivity contribution in [2.24, 2.45) is 0 Å². The van der Waals surface area contributed by atoms with E-state index in [0.717, 1.165) is 29.8 Å². The van der Waals surface area contributed by atoms with Crippen molar-refractivity contribution in [1.82, 2.24) is 14.7 Å². The Balaban J connectivity index is 1.36. The fourth-order valence-electron chi connectivity index (χ4n) is 4.84. The molecular formula is C30H32F3N3O6. The van der Waals surface area contributed by atoms with Gasteiger partial charge in [-0.15, -0.1) is 0 Å². The highest BCUT2D eigenvalue weighted by Gasteiger charge is 2.31. The maximum Gasteiger partial charge on any atom is 0.416 e. The second-order valence-corrected chi connectivity index (χ2v) is 10.2. The number of ether oxygens (including phenoxy) is 3. The summed E-state index contributed by atoms with van der Waals surface area (Å²) in [5, 5.41) is 0. The van der Waals surface area contributed by atoms with Gasteiger partial charge in [0.05, 0.1) is 25.3 Å². The van der Waals surface area contributed by atoms with Crippen molar-refractivity contribution in [2.45, 2.75) is 26.2 Å². The van der Waals surface area contributed by atoms with Crippen LogP contribution in [0.2, 0.25) is 0 Å². The molecule has 5 rings (SSSR count). The molecule has 0 unspecified atom stereocenters. The normalized spacial score (nSPS) is 15.0. The Morgan fingerprint density at radius 1 is 0.905 bits per heavy atom. The number of nitrogens with zero attached hydrogens (tertiary/aromatic N) is 3. The van der Waals surface area contributed by atoms with Gasteiger partial charge in [-0.1, -0.05) is 6.07 Å². The van der Waals surface area contributed by atoms with E-state index in [-0.39, 0.29) is 44.4 Å². The lowest BCUT2D eigenvalue weighted by Gasteiger charge is -2.31. The van der Waals surface area contributed by atoms with Gasteiger partial charge in [0.15, 0.2) is 11.5 Å². The van der Waals surface area contributed by atoms with E-state index in [2.05, 4.69) is 4.90 Å². The van der Waals surface area contributed by atoms with Crippen LogP contribution in [-0.2, 0) is 28.8 Å². The summed E-state index contributed by atoms with van der Waals surface area (Å²) in [4.78, 5) is 32.5. The molecule has 2 aliphatic heterocycles. The van der Waals surface area contributed by atoms with Gasteiger partial charge in [-0.05, 0) is 61.0 Å². The average molecular weight is 588 g/mol. The number of hydrogen-bond donors (Lipinski definition) is 0. The van der Waals surface area contributed by atoms with Gasteiger partial charge < -0.3 is 28.4 Å². The Morgan fingerprint density at radius 2 is 1.64 bits per heavy atom. The van der Waals surface area contributed by atoms with Crippen LogP contribution in [0.3, 0.4) is 0 Å². The molecule has 0 saturated carbocycles. The lowest BCUT2D eigenvalue weighted by atomic mass is 10.1. The van der Waals surface area contributed by atoms with Crippen LogP contribution in [0.5, 0.6) is 11.5 Å². The highest BCUT2D eigenvalue weighted by atomic mass is 19.4. The zero-order chi connectivity index (χ0) is 29.7. The number of carbonyl (C=O) groups excluding carboxylic acids is 2. The number of alkyl halides is 3. The van der Waals surface area contributed by atoms with Crippen molar-refractivity contribution < 1.29 is 41.4 Å². The van der Waals surface area contributed by atoms with E-state index in [1.165, 1.54) is 4.90 Å². The van der Waals surface area contributed by atoms with E-state index in [1.54, 1.807) is 29.2 Å². The summed E-state index contributed by atoms with van der Waals surface area (Å²) in [6.07, 6.45) is -4.52. The van der Waals surface area contributed by atoms with E-state index < -0.39 is 17.6 Å². The Bertz CT molecular complexity index is 1390. The maximum absolute atomic E-state index is 13.8. The number of hydrogen-bond acceptors (Lipinski definition) is 7. The number of carbonyl (C=O) groups is 2. The van der Waals surface area contributed by atoms with E-state index in [1.807, 2.05) is 13.0 Å². The number of morpholine rings is 1. The molecule has 0 atom stereocenters. The standard InChI is InChI=1S/C30H32F3N3O6/c1-21-2-8-25(42-21)18-36(17-22-3-9-26-27(16-22)41-20-40-26)28(37)19-35(11-10-34-12-14-39-15-13-34)29(38)23-4-6-24(7-5-23)30(31,32)33/h2-9,16H,10-15,17-20H2,1H3. The third kappa shape index (κ3) is 7.42. The summed E-state index contributed by atoms with van der Waals surface area (Å²) < 4.78 is 61.4. The molecule has 12 heteroatoms. The van der Waals surface area contributed by atoms with Crippen molar-refractivity contribution in [2.75, 3.05) is 52.7 Å². The van der Waals surface area contributed by atoms with Gasteiger partial charge in [-0.25, -0.2) is 0 Å². The summed E-state index contributed by atoms with van der Waals surface area (Å²) in [6.45, 7) is 5.24. The first-order valence-electron chi connectivity index (χ1n) is 13.6. The van der Waals surface area contributed by atoms with Crippen LogP contribution < -0.4 is 9.47 Å². The van der Waals surface area contributed by atoms with Crippen LogP contribution >= 0.6 is 0 Å². The molecule has 3 heterocycles. The number of halogens is 3. The van der Waals surface area contributed by atoms with Gasteiger partial charge in [0, 0.05) is 38.3 Å². The summed E-state index contributed by atoms with van der Waals surface area (Å²) in [5.74, 6) is 1.61. The molecule has 2 aliphatic rings. The van der Waals surface area contributed by atoms with Gasteiger partial charge in [0.25, 0.3) is 5.91 Å². The number of rotatable bonds is 10. The second kappa shape index (κ2) is 12.9. The largest absolute Gasteiger partial charge is 0.464 e. The smallest absolute Gasteiger partial charge is 0.416 e. The summed E-state index contributed by atoms with van der Waals surface area (Å²) in [7, 11) is 0. The average Bonchev–Trinajstić information content (AvgIpc) is 3.62. The van der Waals surface area contributed by atoms with Crippen molar-refractivity contribution >= 4 is 11.8 Å². The molecule has 2 amide bonds. The fourth-order valence-corrected chi connectivity index (χ4v) is 4.84. The molecule has 0 spiro atoms. The third-order valence-electron chi connectivity index (χ3n) is 7.17. The first-order valence-corrected chi connectivity index (χ1v) is 13.6. The molecule has 0 radical (unpaired) electrons. The third-order valence-corrected chi connectivity index (χ3v) is 7.17. The Kier molecular flexibility index (Phi) is 9.03. The summed E-state index contributed by atoms with van der Waals surface area (Å²) in [5.41, 5.74) is 0.0187. The minimum absolute atomic E-state index is 0.0711. The number of furan rings is 1. The first-order chi connectivity index (χ1) is 20.2. The predicted molar refractivity (Wildman–Crippen MR) is 145 cm³/mol. The highest BCUT2D eigenvalue weighted by molar-refractivity contribution is 5.96. The van der Waals surface area contributed by atoms with Gasteiger partial charge >= 0.3 is 6.18 Å². The molecule has 1 aromatic heterocycles. The van der Waals surface area contributed by atoms with Crippen molar-refractivity contribution in [3.8, 4) is 11.5 Å². The van der Waals surface area contributed by atoms with E-state index in [9.17, 15) is 22.8 Å². The SMILES string of the molecule is Cc1ccc(CN(Cc2ccc3c(c2)OCO3)C(=O)CN(CCN2CCOCC2)C(=O)c2ccc(C(F)(F)F)cc2)o1. The topological polar surface area (TPSA) is 84.7 Å². The Morgan fingerprint density at radius 3 is 2.33 bits per heavy atom. The Hall–Kier alpha value is -4.03. The highest BCUT2D eigenvalue weighted by Crippen LogP contribution is 2.33. The lowest BCUT2D eigenvalue weighted by Crippen LogP contribution is -2.47. The molecule has 2 aromatic carbocycles. The first kappa shape index (κ1) is 29.5. The van der Waals surface area contributed by atoms with Gasteiger partial charge in [0.2, 0.25) is 12.7 Å². The van der Waals surface area contributed by atoms with Crippen molar-refractivity contribution in [3.63, 3.8) is 0 Å². The van der Waals surface area contributed by atoms with Crippen LogP contribution in [0, 0.1) is 6.92 Å². The predicted octanol–water partition coefficient (Wildman–Crippen LogP) is 4.34. The van der Waals surface area contributed by atoms with Crippen LogP contribution in [0.25, 0.3) is 0 Å². The molecule has 3 aromatic rings.